The Bertz CT molecular complexity index is 1370. The molecule has 0 saturated heterocycles. The Morgan fingerprint density at radius 1 is 0.947 bits per heavy atom. The highest BCUT2D eigenvalue weighted by molar-refractivity contribution is 7.92. The van der Waals surface area contributed by atoms with Gasteiger partial charge in [0.15, 0.2) is 11.5 Å². The van der Waals surface area contributed by atoms with Gasteiger partial charge in [-0.25, -0.2) is 12.8 Å². The summed E-state index contributed by atoms with van der Waals surface area (Å²) in [4.78, 5) is 27.3. The molecule has 0 fully saturated rings. The van der Waals surface area contributed by atoms with Gasteiger partial charge in [0.1, 0.15) is 18.4 Å². The lowest BCUT2D eigenvalue weighted by Gasteiger charge is -2.31. The zero-order valence-corrected chi connectivity index (χ0v) is 22.4. The molecule has 1 N–H and O–H groups in total. The smallest absolute Gasteiger partial charge is 0.264 e. The molecule has 0 heterocycles. The lowest BCUT2D eigenvalue weighted by atomic mass is 10.1. The summed E-state index contributed by atoms with van der Waals surface area (Å²) in [6, 6.07) is 16.9. The molecule has 0 aliphatic heterocycles. The third kappa shape index (κ3) is 6.41. The van der Waals surface area contributed by atoms with Crippen molar-refractivity contribution in [2.45, 2.75) is 24.4 Å². The van der Waals surface area contributed by atoms with Gasteiger partial charge in [-0.05, 0) is 48.9 Å². The van der Waals surface area contributed by atoms with Crippen LogP contribution in [0.25, 0.3) is 0 Å². The van der Waals surface area contributed by atoms with Crippen LogP contribution in [0.4, 0.5) is 10.1 Å². The van der Waals surface area contributed by atoms with Gasteiger partial charge in [-0.15, -0.1) is 0 Å². The van der Waals surface area contributed by atoms with Gasteiger partial charge in [-0.3, -0.25) is 13.9 Å². The first-order chi connectivity index (χ1) is 18.1. The third-order valence-electron chi connectivity index (χ3n) is 5.95. The number of hydrogen-bond donors (Lipinski definition) is 1. The second kappa shape index (κ2) is 12.4. The molecule has 0 aliphatic carbocycles. The van der Waals surface area contributed by atoms with E-state index in [0.717, 1.165) is 4.31 Å². The molecule has 3 aromatic carbocycles. The summed E-state index contributed by atoms with van der Waals surface area (Å²) in [5.74, 6) is -0.951. The number of nitrogens with one attached hydrogen (secondary N) is 1. The number of para-hydroxylation sites is 1. The van der Waals surface area contributed by atoms with E-state index in [0.29, 0.717) is 11.3 Å². The van der Waals surface area contributed by atoms with Crippen molar-refractivity contribution < 1.29 is 31.9 Å². The zero-order chi connectivity index (χ0) is 27.9. The summed E-state index contributed by atoms with van der Waals surface area (Å²) in [5, 5.41) is 2.51. The van der Waals surface area contributed by atoms with E-state index in [-0.39, 0.29) is 22.9 Å². The van der Waals surface area contributed by atoms with Gasteiger partial charge in [0, 0.05) is 19.7 Å². The first-order valence-corrected chi connectivity index (χ1v) is 13.1. The number of carbonyl (C=O) groups excluding carboxylic acids is 2. The van der Waals surface area contributed by atoms with E-state index in [1.54, 1.807) is 30.3 Å². The maximum atomic E-state index is 13.9. The molecule has 11 heteroatoms. The summed E-state index contributed by atoms with van der Waals surface area (Å²) in [7, 11) is -0.00454. The van der Waals surface area contributed by atoms with Crippen LogP contribution in [0.2, 0.25) is 0 Å². The SMILES string of the molecule is CNC(=O)[C@H](C)N(Cc1ccc(F)cc1)C(=O)CN(c1ccccc1)S(=O)(=O)c1ccc(OC)c(OC)c1. The van der Waals surface area contributed by atoms with Crippen LogP contribution in [0.5, 0.6) is 11.5 Å². The molecule has 0 unspecified atom stereocenters. The van der Waals surface area contributed by atoms with Gasteiger partial charge in [0.2, 0.25) is 11.8 Å². The second-order valence-corrected chi connectivity index (χ2v) is 10.2. The molecular formula is C27H30FN3O6S. The van der Waals surface area contributed by atoms with Crippen LogP contribution in [0.1, 0.15) is 12.5 Å². The fraction of sp³-hybridized carbons (Fsp3) is 0.259. The van der Waals surface area contributed by atoms with Crippen molar-refractivity contribution in [3.63, 3.8) is 0 Å². The number of nitrogens with zero attached hydrogens (tertiary/aromatic N) is 2. The highest BCUT2D eigenvalue weighted by atomic mass is 32.2. The average Bonchev–Trinajstić information content (AvgIpc) is 2.94. The second-order valence-electron chi connectivity index (χ2n) is 8.30. The minimum absolute atomic E-state index is 0.0350. The molecule has 0 bridgehead atoms. The molecule has 1 atom stereocenters. The van der Waals surface area contributed by atoms with Gasteiger partial charge in [-0.1, -0.05) is 30.3 Å². The fourth-order valence-corrected chi connectivity index (χ4v) is 5.24. The standard InChI is InChI=1S/C27H30FN3O6S/c1-19(27(33)29-2)30(17-20-10-12-21(28)13-11-20)26(32)18-31(22-8-6-5-7-9-22)38(34,35)23-14-15-24(36-3)25(16-23)37-4/h5-16,19H,17-18H2,1-4H3,(H,29,33)/t19-/m0/s1. The largest absolute Gasteiger partial charge is 0.493 e. The van der Waals surface area contributed by atoms with E-state index >= 15 is 0 Å². The summed E-state index contributed by atoms with van der Waals surface area (Å²) in [5.41, 5.74) is 0.828. The molecule has 3 rings (SSSR count). The van der Waals surface area contributed by atoms with Crippen molar-refractivity contribution >= 4 is 27.5 Å². The molecule has 0 saturated carbocycles. The summed E-state index contributed by atoms with van der Waals surface area (Å²) < 4.78 is 52.6. The Kier molecular flexibility index (Phi) is 9.30. The molecule has 0 spiro atoms. The summed E-state index contributed by atoms with van der Waals surface area (Å²) in [6.45, 7) is 0.909. The number of hydrogen-bond acceptors (Lipinski definition) is 6. The average molecular weight is 544 g/mol. The third-order valence-corrected chi connectivity index (χ3v) is 7.72. The predicted molar refractivity (Wildman–Crippen MR) is 141 cm³/mol. The van der Waals surface area contributed by atoms with Crippen LogP contribution in [-0.2, 0) is 26.2 Å². The number of rotatable bonds is 11. The summed E-state index contributed by atoms with van der Waals surface area (Å²) in [6.07, 6.45) is 0. The lowest BCUT2D eigenvalue weighted by Crippen LogP contribution is -2.50. The highest BCUT2D eigenvalue weighted by Crippen LogP contribution is 2.32. The number of ether oxygens (including phenoxy) is 2. The Balaban J connectivity index is 2.03. The fourth-order valence-electron chi connectivity index (χ4n) is 3.81. The number of halogens is 1. The molecule has 0 radical (unpaired) electrons. The Morgan fingerprint density at radius 2 is 1.58 bits per heavy atom. The van der Waals surface area contributed by atoms with Crippen LogP contribution in [-0.4, -0.2) is 59.0 Å². The first kappa shape index (κ1) is 28.5. The lowest BCUT2D eigenvalue weighted by molar-refractivity contribution is -0.139. The maximum Gasteiger partial charge on any atom is 0.264 e. The highest BCUT2D eigenvalue weighted by Gasteiger charge is 2.32. The van der Waals surface area contributed by atoms with Crippen molar-refractivity contribution in [1.29, 1.82) is 0 Å². The van der Waals surface area contributed by atoms with Crippen molar-refractivity contribution in [3.8, 4) is 11.5 Å². The summed E-state index contributed by atoms with van der Waals surface area (Å²) >= 11 is 0. The number of carbonyl (C=O) groups is 2. The van der Waals surface area contributed by atoms with Crippen molar-refractivity contribution in [1.82, 2.24) is 10.2 Å². The van der Waals surface area contributed by atoms with E-state index in [9.17, 15) is 22.4 Å². The van der Waals surface area contributed by atoms with E-state index < -0.39 is 40.2 Å². The first-order valence-electron chi connectivity index (χ1n) is 11.7. The van der Waals surface area contributed by atoms with Crippen LogP contribution in [0.15, 0.2) is 77.7 Å². The molecule has 3 aromatic rings. The minimum atomic E-state index is -4.27. The quantitative estimate of drug-likeness (QED) is 0.398. The molecule has 9 nitrogen and oxygen atoms in total. The van der Waals surface area contributed by atoms with Crippen molar-refractivity contribution in [2.24, 2.45) is 0 Å². The number of sulfonamides is 1. The van der Waals surface area contributed by atoms with E-state index in [4.69, 9.17) is 9.47 Å². The van der Waals surface area contributed by atoms with Crippen molar-refractivity contribution in [2.75, 3.05) is 32.1 Å². The number of amides is 2. The maximum absolute atomic E-state index is 13.9. The zero-order valence-electron chi connectivity index (χ0n) is 21.5. The van der Waals surface area contributed by atoms with Crippen LogP contribution in [0, 0.1) is 5.82 Å². The van der Waals surface area contributed by atoms with Gasteiger partial charge >= 0.3 is 0 Å². The van der Waals surface area contributed by atoms with Crippen LogP contribution in [0.3, 0.4) is 0 Å². The number of anilines is 1. The minimum Gasteiger partial charge on any atom is -0.493 e. The molecule has 202 valence electrons. The number of benzene rings is 3. The topological polar surface area (TPSA) is 105 Å². The Labute approximate surface area is 221 Å². The van der Waals surface area contributed by atoms with Crippen LogP contribution < -0.4 is 19.1 Å². The Morgan fingerprint density at radius 3 is 2.16 bits per heavy atom. The molecule has 0 aliphatic rings. The molecule has 2 amide bonds. The van der Waals surface area contributed by atoms with Crippen LogP contribution >= 0.6 is 0 Å². The molecular weight excluding hydrogens is 513 g/mol. The molecule has 0 aromatic heterocycles. The number of methoxy groups -OCH3 is 2. The monoisotopic (exact) mass is 543 g/mol. The van der Waals surface area contributed by atoms with Gasteiger partial charge in [0.05, 0.1) is 24.8 Å². The van der Waals surface area contributed by atoms with Gasteiger partial charge in [0.25, 0.3) is 10.0 Å². The van der Waals surface area contributed by atoms with Gasteiger partial charge in [-0.2, -0.15) is 0 Å². The van der Waals surface area contributed by atoms with Crippen molar-refractivity contribution in [3.05, 3.63) is 84.2 Å². The Hall–Kier alpha value is -4.12. The van der Waals surface area contributed by atoms with E-state index in [1.165, 1.54) is 75.6 Å². The van der Waals surface area contributed by atoms with E-state index in [2.05, 4.69) is 5.32 Å². The predicted octanol–water partition coefficient (Wildman–Crippen LogP) is 3.20. The molecule has 38 heavy (non-hydrogen) atoms. The van der Waals surface area contributed by atoms with E-state index in [1.807, 2.05) is 0 Å². The number of likely N-dealkylation sites (N-methyl/N-ethyl adjacent to an activating group) is 1. The van der Waals surface area contributed by atoms with Gasteiger partial charge < -0.3 is 19.7 Å². The normalized spacial score (nSPS) is 11.8.